The largest absolute Gasteiger partial charge is 0.484 e. The summed E-state index contributed by atoms with van der Waals surface area (Å²) in [6.07, 6.45) is 4.89. The van der Waals surface area contributed by atoms with Crippen LogP contribution in [0, 0.1) is 0 Å². The van der Waals surface area contributed by atoms with Gasteiger partial charge in [-0.25, -0.2) is 0 Å². The maximum Gasteiger partial charge on any atom is 0.258 e. The molecule has 0 radical (unpaired) electrons. The number of rotatable bonds is 8. The predicted molar refractivity (Wildman–Crippen MR) is 95.3 cm³/mol. The van der Waals surface area contributed by atoms with Crippen molar-refractivity contribution in [2.45, 2.75) is 57.2 Å². The summed E-state index contributed by atoms with van der Waals surface area (Å²) in [6, 6.07) is 8.12. The second kappa shape index (κ2) is 8.34. The molecule has 0 spiro atoms. The summed E-state index contributed by atoms with van der Waals surface area (Å²) in [4.78, 5) is 23.7. The Balaban J connectivity index is 1.42. The number of amides is 2. The Bertz CT molecular complexity index is 592. The highest BCUT2D eigenvalue weighted by atomic mass is 16.5. The van der Waals surface area contributed by atoms with Gasteiger partial charge in [-0.05, 0) is 56.8 Å². The predicted octanol–water partition coefficient (Wildman–Crippen LogP) is 1.66. The van der Waals surface area contributed by atoms with Crippen molar-refractivity contribution in [2.24, 2.45) is 0 Å². The third-order valence-electron chi connectivity index (χ3n) is 4.66. The smallest absolute Gasteiger partial charge is 0.258 e. The highest BCUT2D eigenvalue weighted by molar-refractivity contribution is 5.78. The van der Waals surface area contributed by atoms with Crippen LogP contribution in [0.15, 0.2) is 24.3 Å². The lowest BCUT2D eigenvalue weighted by atomic mass is 10.1. The van der Waals surface area contributed by atoms with E-state index in [0.717, 1.165) is 37.8 Å². The molecule has 6 nitrogen and oxygen atoms in total. The molecule has 2 fully saturated rings. The van der Waals surface area contributed by atoms with Gasteiger partial charge in [0.1, 0.15) is 5.75 Å². The van der Waals surface area contributed by atoms with Crippen LogP contribution in [-0.2, 0) is 9.59 Å². The Labute approximate surface area is 148 Å². The molecule has 1 aliphatic heterocycles. The lowest BCUT2D eigenvalue weighted by Crippen LogP contribution is -2.33. The zero-order valence-electron chi connectivity index (χ0n) is 14.7. The van der Waals surface area contributed by atoms with Crippen LogP contribution in [0.2, 0.25) is 0 Å². The zero-order chi connectivity index (χ0) is 17.6. The third-order valence-corrected chi connectivity index (χ3v) is 4.66. The van der Waals surface area contributed by atoms with Crippen molar-refractivity contribution >= 4 is 11.8 Å². The first-order valence-electron chi connectivity index (χ1n) is 9.15. The topological polar surface area (TPSA) is 79.5 Å². The van der Waals surface area contributed by atoms with E-state index in [2.05, 4.69) is 16.0 Å². The molecule has 1 aliphatic carbocycles. The summed E-state index contributed by atoms with van der Waals surface area (Å²) in [7, 11) is 0. The maximum absolute atomic E-state index is 12.1. The molecule has 1 saturated carbocycles. The van der Waals surface area contributed by atoms with Crippen LogP contribution in [0.1, 0.15) is 50.6 Å². The highest BCUT2D eigenvalue weighted by Crippen LogP contribution is 2.20. The Kier molecular flexibility index (Phi) is 5.91. The lowest BCUT2D eigenvalue weighted by molar-refractivity contribution is -0.123. The summed E-state index contributed by atoms with van der Waals surface area (Å²) < 4.78 is 5.49. The van der Waals surface area contributed by atoms with Crippen LogP contribution in [0.3, 0.4) is 0 Å². The number of carbonyl (C=O) groups excluding carboxylic acids is 2. The van der Waals surface area contributed by atoms with Gasteiger partial charge >= 0.3 is 0 Å². The third kappa shape index (κ3) is 5.74. The van der Waals surface area contributed by atoms with Crippen LogP contribution in [0.4, 0.5) is 0 Å². The SMILES string of the molecule is CC(NC(=O)CC1CCCN1)c1ccc(OCC(=O)NC2CC2)cc1. The minimum atomic E-state index is -0.0762. The fraction of sp³-hybridized carbons (Fsp3) is 0.579. The van der Waals surface area contributed by atoms with Crippen LogP contribution in [0.5, 0.6) is 5.75 Å². The number of hydrogen-bond donors (Lipinski definition) is 3. The van der Waals surface area contributed by atoms with Gasteiger partial charge in [-0.1, -0.05) is 12.1 Å². The molecule has 25 heavy (non-hydrogen) atoms. The van der Waals surface area contributed by atoms with Gasteiger partial charge in [0.2, 0.25) is 5.91 Å². The first kappa shape index (κ1) is 17.7. The molecular weight excluding hydrogens is 318 g/mol. The second-order valence-corrected chi connectivity index (χ2v) is 6.99. The van der Waals surface area contributed by atoms with Gasteiger partial charge in [0.25, 0.3) is 5.91 Å². The molecule has 1 aromatic rings. The van der Waals surface area contributed by atoms with Gasteiger partial charge in [0.15, 0.2) is 6.61 Å². The molecule has 1 heterocycles. The summed E-state index contributed by atoms with van der Waals surface area (Å²) in [5.74, 6) is 0.653. The molecule has 0 aromatic heterocycles. The Hall–Kier alpha value is -2.08. The van der Waals surface area contributed by atoms with Crippen molar-refractivity contribution in [1.82, 2.24) is 16.0 Å². The fourth-order valence-corrected chi connectivity index (χ4v) is 3.04. The van der Waals surface area contributed by atoms with E-state index in [1.165, 1.54) is 0 Å². The molecule has 2 amide bonds. The van der Waals surface area contributed by atoms with Crippen molar-refractivity contribution in [1.29, 1.82) is 0 Å². The second-order valence-electron chi connectivity index (χ2n) is 6.99. The van der Waals surface area contributed by atoms with E-state index in [9.17, 15) is 9.59 Å². The van der Waals surface area contributed by atoms with E-state index >= 15 is 0 Å². The molecule has 1 aromatic carbocycles. The summed E-state index contributed by atoms with van der Waals surface area (Å²) in [5, 5.41) is 9.26. The summed E-state index contributed by atoms with van der Waals surface area (Å²) in [6.45, 7) is 3.02. The van der Waals surface area contributed by atoms with Crippen molar-refractivity contribution in [3.63, 3.8) is 0 Å². The average Bonchev–Trinajstić information content (AvgIpc) is 3.26. The molecule has 136 valence electrons. The normalized spacial score (nSPS) is 20.8. The molecule has 2 aliphatic rings. The minimum absolute atomic E-state index is 0.0382. The van der Waals surface area contributed by atoms with Crippen LogP contribution >= 0.6 is 0 Å². The van der Waals surface area contributed by atoms with E-state index in [4.69, 9.17) is 4.74 Å². The number of hydrogen-bond acceptors (Lipinski definition) is 4. The minimum Gasteiger partial charge on any atom is -0.484 e. The monoisotopic (exact) mass is 345 g/mol. The van der Waals surface area contributed by atoms with Crippen molar-refractivity contribution in [3.05, 3.63) is 29.8 Å². The van der Waals surface area contributed by atoms with E-state index < -0.39 is 0 Å². The Morgan fingerprint density at radius 3 is 2.60 bits per heavy atom. The molecule has 2 unspecified atom stereocenters. The Morgan fingerprint density at radius 2 is 1.96 bits per heavy atom. The molecule has 6 heteroatoms. The summed E-state index contributed by atoms with van der Waals surface area (Å²) in [5.41, 5.74) is 1.02. The van der Waals surface area contributed by atoms with Gasteiger partial charge in [-0.3, -0.25) is 9.59 Å². The number of nitrogens with one attached hydrogen (secondary N) is 3. The van der Waals surface area contributed by atoms with Crippen molar-refractivity contribution in [3.8, 4) is 5.75 Å². The van der Waals surface area contributed by atoms with E-state index in [-0.39, 0.29) is 24.5 Å². The van der Waals surface area contributed by atoms with E-state index in [0.29, 0.717) is 24.3 Å². The molecule has 3 rings (SSSR count). The number of benzene rings is 1. The average molecular weight is 345 g/mol. The van der Waals surface area contributed by atoms with Gasteiger partial charge in [-0.2, -0.15) is 0 Å². The van der Waals surface area contributed by atoms with Crippen LogP contribution < -0.4 is 20.7 Å². The fourth-order valence-electron chi connectivity index (χ4n) is 3.04. The highest BCUT2D eigenvalue weighted by Gasteiger charge is 2.23. The lowest BCUT2D eigenvalue weighted by Gasteiger charge is -2.17. The molecule has 1 saturated heterocycles. The van der Waals surface area contributed by atoms with E-state index in [1.807, 2.05) is 31.2 Å². The van der Waals surface area contributed by atoms with Crippen LogP contribution in [0.25, 0.3) is 0 Å². The molecule has 3 N–H and O–H groups in total. The van der Waals surface area contributed by atoms with Gasteiger partial charge in [-0.15, -0.1) is 0 Å². The van der Waals surface area contributed by atoms with Crippen molar-refractivity contribution < 1.29 is 14.3 Å². The first-order valence-corrected chi connectivity index (χ1v) is 9.15. The summed E-state index contributed by atoms with van der Waals surface area (Å²) >= 11 is 0. The van der Waals surface area contributed by atoms with Gasteiger partial charge in [0, 0.05) is 18.5 Å². The molecule has 2 atom stereocenters. The van der Waals surface area contributed by atoms with Crippen molar-refractivity contribution in [2.75, 3.05) is 13.2 Å². The zero-order valence-corrected chi connectivity index (χ0v) is 14.7. The molecule has 0 bridgehead atoms. The standard InChI is InChI=1S/C19H27N3O3/c1-13(21-18(23)11-16-3-2-10-20-16)14-4-8-17(9-5-14)25-12-19(24)22-15-6-7-15/h4-5,8-9,13,15-16,20H,2-3,6-7,10-12H2,1H3,(H,21,23)(H,22,24). The van der Waals surface area contributed by atoms with Crippen LogP contribution in [-0.4, -0.2) is 37.0 Å². The first-order chi connectivity index (χ1) is 12.1. The Morgan fingerprint density at radius 1 is 1.20 bits per heavy atom. The number of carbonyl (C=O) groups is 2. The van der Waals surface area contributed by atoms with Gasteiger partial charge < -0.3 is 20.7 Å². The maximum atomic E-state index is 12.1. The number of ether oxygens (including phenoxy) is 1. The quantitative estimate of drug-likeness (QED) is 0.669. The van der Waals surface area contributed by atoms with Gasteiger partial charge in [0.05, 0.1) is 6.04 Å². The van der Waals surface area contributed by atoms with E-state index in [1.54, 1.807) is 0 Å². The molecular formula is C19H27N3O3.